The highest BCUT2D eigenvalue weighted by atomic mass is 16.3. The predicted molar refractivity (Wildman–Crippen MR) is 88.9 cm³/mol. The Bertz CT molecular complexity index is 691. The van der Waals surface area contributed by atoms with Gasteiger partial charge in [0.15, 0.2) is 0 Å². The summed E-state index contributed by atoms with van der Waals surface area (Å²) in [4.78, 5) is 13.8. The molecule has 1 unspecified atom stereocenters. The molecule has 0 aliphatic carbocycles. The lowest BCUT2D eigenvalue weighted by atomic mass is 9.97. The molecule has 0 radical (unpaired) electrons. The number of hydrogen-bond acceptors (Lipinski definition) is 2. The number of aliphatic hydroxyl groups is 1. The van der Waals surface area contributed by atoms with E-state index in [9.17, 15) is 9.90 Å². The van der Waals surface area contributed by atoms with Gasteiger partial charge >= 0.3 is 0 Å². The third-order valence-electron chi connectivity index (χ3n) is 4.56. The van der Waals surface area contributed by atoms with Crippen LogP contribution < -0.4 is 4.90 Å². The van der Waals surface area contributed by atoms with E-state index in [1.807, 2.05) is 12.1 Å². The lowest BCUT2D eigenvalue weighted by molar-refractivity contribution is -0.117. The third-order valence-corrected chi connectivity index (χ3v) is 4.56. The van der Waals surface area contributed by atoms with E-state index in [1.165, 1.54) is 16.7 Å². The van der Waals surface area contributed by atoms with Crippen molar-refractivity contribution in [2.24, 2.45) is 5.92 Å². The molecule has 1 aliphatic rings. The second-order valence-corrected chi connectivity index (χ2v) is 6.05. The molecule has 1 fully saturated rings. The highest BCUT2D eigenvalue weighted by Crippen LogP contribution is 2.30. The van der Waals surface area contributed by atoms with Gasteiger partial charge in [-0.2, -0.15) is 0 Å². The molecule has 0 saturated carbocycles. The summed E-state index contributed by atoms with van der Waals surface area (Å²) >= 11 is 0. The maximum absolute atomic E-state index is 12.0. The van der Waals surface area contributed by atoms with Gasteiger partial charge in [-0.15, -0.1) is 0 Å². The van der Waals surface area contributed by atoms with Gasteiger partial charge in [0.1, 0.15) is 0 Å². The lowest BCUT2D eigenvalue weighted by Crippen LogP contribution is -2.24. The Balaban J connectivity index is 1.87. The molecule has 1 saturated heterocycles. The van der Waals surface area contributed by atoms with Crippen molar-refractivity contribution in [3.8, 4) is 11.1 Å². The molecule has 2 aromatic rings. The Morgan fingerprint density at radius 1 is 1.14 bits per heavy atom. The van der Waals surface area contributed by atoms with Crippen LogP contribution in [0.15, 0.2) is 42.5 Å². The van der Waals surface area contributed by atoms with Gasteiger partial charge in [0.2, 0.25) is 5.91 Å². The third kappa shape index (κ3) is 2.64. The van der Waals surface area contributed by atoms with Crippen LogP contribution in [-0.2, 0) is 4.79 Å². The zero-order valence-corrected chi connectivity index (χ0v) is 13.0. The van der Waals surface area contributed by atoms with Gasteiger partial charge in [0, 0.05) is 31.2 Å². The quantitative estimate of drug-likeness (QED) is 0.943. The van der Waals surface area contributed by atoms with Crippen molar-refractivity contribution < 1.29 is 9.90 Å². The van der Waals surface area contributed by atoms with E-state index >= 15 is 0 Å². The fourth-order valence-corrected chi connectivity index (χ4v) is 3.04. The molecule has 3 rings (SSSR count). The van der Waals surface area contributed by atoms with Crippen LogP contribution in [0.4, 0.5) is 5.69 Å². The molecule has 2 aromatic carbocycles. The highest BCUT2D eigenvalue weighted by molar-refractivity contribution is 5.96. The van der Waals surface area contributed by atoms with Gasteiger partial charge in [0.25, 0.3) is 0 Å². The van der Waals surface area contributed by atoms with Crippen LogP contribution >= 0.6 is 0 Å². The number of amides is 1. The van der Waals surface area contributed by atoms with Crippen LogP contribution in [0.5, 0.6) is 0 Å². The minimum Gasteiger partial charge on any atom is -0.396 e. The van der Waals surface area contributed by atoms with E-state index in [0.29, 0.717) is 13.0 Å². The number of carbonyl (C=O) groups excluding carboxylic acids is 1. The number of aliphatic hydroxyl groups excluding tert-OH is 1. The largest absolute Gasteiger partial charge is 0.396 e. The number of rotatable bonds is 3. The zero-order chi connectivity index (χ0) is 15.7. The number of anilines is 1. The number of aryl methyl sites for hydroxylation is 1. The molecule has 1 N–H and O–H groups in total. The first-order valence-corrected chi connectivity index (χ1v) is 7.68. The van der Waals surface area contributed by atoms with Gasteiger partial charge in [-0.25, -0.2) is 0 Å². The molecule has 0 spiro atoms. The van der Waals surface area contributed by atoms with Gasteiger partial charge in [0.05, 0.1) is 0 Å². The molecule has 1 atom stereocenters. The monoisotopic (exact) mass is 295 g/mol. The first-order valence-electron chi connectivity index (χ1n) is 7.68. The zero-order valence-electron chi connectivity index (χ0n) is 13.0. The van der Waals surface area contributed by atoms with Crippen molar-refractivity contribution in [1.29, 1.82) is 0 Å². The second kappa shape index (κ2) is 5.93. The molecular formula is C19H21NO2. The Kier molecular flexibility index (Phi) is 3.99. The Morgan fingerprint density at radius 3 is 2.50 bits per heavy atom. The molecule has 3 heteroatoms. The Hall–Kier alpha value is -2.13. The summed E-state index contributed by atoms with van der Waals surface area (Å²) in [6, 6.07) is 14.4. The predicted octanol–water partition coefficient (Wildman–Crippen LogP) is 3.32. The average Bonchev–Trinajstić information content (AvgIpc) is 2.91. The molecule has 0 bridgehead atoms. The molecule has 1 heterocycles. The molecule has 1 amide bonds. The SMILES string of the molecule is Cc1cccc(-c2ccc(N3CC(CO)CC3=O)cc2)c1C. The van der Waals surface area contributed by atoms with Crippen molar-refractivity contribution in [2.45, 2.75) is 20.3 Å². The van der Waals surface area contributed by atoms with E-state index in [4.69, 9.17) is 0 Å². The Morgan fingerprint density at radius 2 is 1.86 bits per heavy atom. The van der Waals surface area contributed by atoms with E-state index < -0.39 is 0 Å². The normalized spacial score (nSPS) is 18.0. The van der Waals surface area contributed by atoms with Crippen LogP contribution in [0.1, 0.15) is 17.5 Å². The standard InChI is InChI=1S/C19H21NO2/c1-13-4-3-5-18(14(13)2)16-6-8-17(9-7-16)20-11-15(12-21)10-19(20)22/h3-9,15,21H,10-12H2,1-2H3. The molecular weight excluding hydrogens is 274 g/mol. The van der Waals surface area contributed by atoms with Crippen molar-refractivity contribution >= 4 is 11.6 Å². The molecule has 1 aliphatic heterocycles. The van der Waals surface area contributed by atoms with E-state index in [2.05, 4.69) is 44.2 Å². The van der Waals surface area contributed by atoms with E-state index in [1.54, 1.807) is 4.90 Å². The fourth-order valence-electron chi connectivity index (χ4n) is 3.04. The summed E-state index contributed by atoms with van der Waals surface area (Å²) < 4.78 is 0. The molecule has 114 valence electrons. The van der Waals surface area contributed by atoms with Crippen LogP contribution in [0.2, 0.25) is 0 Å². The number of nitrogens with zero attached hydrogens (tertiary/aromatic N) is 1. The summed E-state index contributed by atoms with van der Waals surface area (Å²) in [5.74, 6) is 0.157. The first kappa shape index (κ1) is 14.8. The van der Waals surface area contributed by atoms with Gasteiger partial charge in [-0.1, -0.05) is 30.3 Å². The summed E-state index contributed by atoms with van der Waals surface area (Å²) in [7, 11) is 0. The summed E-state index contributed by atoms with van der Waals surface area (Å²) in [5, 5.41) is 9.22. The van der Waals surface area contributed by atoms with Crippen LogP contribution in [0.3, 0.4) is 0 Å². The van der Waals surface area contributed by atoms with Crippen LogP contribution in [0, 0.1) is 19.8 Å². The maximum Gasteiger partial charge on any atom is 0.227 e. The van der Waals surface area contributed by atoms with Crippen molar-refractivity contribution in [3.63, 3.8) is 0 Å². The molecule has 22 heavy (non-hydrogen) atoms. The smallest absolute Gasteiger partial charge is 0.227 e. The van der Waals surface area contributed by atoms with Crippen LogP contribution in [-0.4, -0.2) is 24.2 Å². The van der Waals surface area contributed by atoms with Crippen molar-refractivity contribution in [3.05, 3.63) is 53.6 Å². The van der Waals surface area contributed by atoms with Crippen molar-refractivity contribution in [1.82, 2.24) is 0 Å². The highest BCUT2D eigenvalue weighted by Gasteiger charge is 2.29. The van der Waals surface area contributed by atoms with Crippen molar-refractivity contribution in [2.75, 3.05) is 18.1 Å². The Labute approximate surface area is 131 Å². The topological polar surface area (TPSA) is 40.5 Å². The first-order chi connectivity index (χ1) is 10.6. The van der Waals surface area contributed by atoms with Gasteiger partial charge < -0.3 is 10.0 Å². The summed E-state index contributed by atoms with van der Waals surface area (Å²) in [6.07, 6.45) is 0.440. The van der Waals surface area contributed by atoms with E-state index in [0.717, 1.165) is 11.3 Å². The minimum atomic E-state index is 0.0613. The van der Waals surface area contributed by atoms with E-state index in [-0.39, 0.29) is 18.4 Å². The second-order valence-electron chi connectivity index (χ2n) is 6.05. The van der Waals surface area contributed by atoms with Gasteiger partial charge in [-0.3, -0.25) is 4.79 Å². The summed E-state index contributed by atoms with van der Waals surface area (Å²) in [6.45, 7) is 4.93. The minimum absolute atomic E-state index is 0.0613. The number of carbonyl (C=O) groups is 1. The van der Waals surface area contributed by atoms with Gasteiger partial charge in [-0.05, 0) is 48.2 Å². The fraction of sp³-hybridized carbons (Fsp3) is 0.316. The summed E-state index contributed by atoms with van der Waals surface area (Å²) in [5.41, 5.74) is 5.87. The average molecular weight is 295 g/mol. The maximum atomic E-state index is 12.0. The lowest BCUT2D eigenvalue weighted by Gasteiger charge is -2.17. The number of hydrogen-bond donors (Lipinski definition) is 1. The molecule has 3 nitrogen and oxygen atoms in total. The number of benzene rings is 2. The molecule has 0 aromatic heterocycles. The van der Waals surface area contributed by atoms with Crippen LogP contribution in [0.25, 0.3) is 11.1 Å².